The zero-order valence-corrected chi connectivity index (χ0v) is 16.4. The molecule has 2 rings (SSSR count). The highest BCUT2D eigenvalue weighted by atomic mass is 127. The highest BCUT2D eigenvalue weighted by molar-refractivity contribution is 14.1. The third-order valence-electron chi connectivity index (χ3n) is 3.32. The van der Waals surface area contributed by atoms with E-state index in [1.165, 1.54) is 0 Å². The molecule has 1 amide bonds. The number of hydrogen-bond acceptors (Lipinski definition) is 4. The molecule has 0 spiro atoms. The highest BCUT2D eigenvalue weighted by Crippen LogP contribution is 2.28. The first-order valence-electron chi connectivity index (χ1n) is 7.05. The van der Waals surface area contributed by atoms with Crippen molar-refractivity contribution in [3.05, 3.63) is 51.1 Å². The van der Waals surface area contributed by atoms with Crippen molar-refractivity contribution in [3.63, 3.8) is 0 Å². The predicted molar refractivity (Wildman–Crippen MR) is 107 cm³/mol. The maximum Gasteiger partial charge on any atom is 0.257 e. The Bertz CT molecular complexity index is 780. The number of rotatable bonds is 4. The van der Waals surface area contributed by atoms with E-state index >= 15 is 0 Å². The predicted octanol–water partition coefficient (Wildman–Crippen LogP) is 3.74. The molecule has 0 radical (unpaired) electrons. The second-order valence-electron chi connectivity index (χ2n) is 4.94. The van der Waals surface area contributed by atoms with Gasteiger partial charge >= 0.3 is 0 Å². The summed E-state index contributed by atoms with van der Waals surface area (Å²) in [5, 5.41) is 5.80. The topological polar surface area (TPSA) is 59.6 Å². The molecule has 0 saturated heterocycles. The second-order valence-corrected chi connectivity index (χ2v) is 6.51. The molecule has 0 bridgehead atoms. The lowest BCUT2D eigenvalue weighted by Crippen LogP contribution is -2.34. The Morgan fingerprint density at radius 1 is 1.12 bits per heavy atom. The number of hydrogen-bond donors (Lipinski definition) is 2. The summed E-state index contributed by atoms with van der Waals surface area (Å²) in [6.45, 7) is 1.99. The zero-order chi connectivity index (χ0) is 17.7. The molecule has 0 aromatic heterocycles. The van der Waals surface area contributed by atoms with Crippen molar-refractivity contribution in [1.82, 2.24) is 5.32 Å². The van der Waals surface area contributed by atoms with Crippen LogP contribution in [0.3, 0.4) is 0 Å². The van der Waals surface area contributed by atoms with E-state index < -0.39 is 0 Å². The molecule has 0 atom stereocenters. The van der Waals surface area contributed by atoms with Crippen LogP contribution in [-0.2, 0) is 0 Å². The maximum absolute atomic E-state index is 12.3. The van der Waals surface area contributed by atoms with Crippen LogP contribution in [-0.4, -0.2) is 25.2 Å². The van der Waals surface area contributed by atoms with Gasteiger partial charge in [-0.05, 0) is 71.6 Å². The molecule has 2 aromatic carbocycles. The van der Waals surface area contributed by atoms with Crippen molar-refractivity contribution < 1.29 is 14.3 Å². The van der Waals surface area contributed by atoms with Gasteiger partial charge in [-0.3, -0.25) is 10.1 Å². The van der Waals surface area contributed by atoms with Gasteiger partial charge < -0.3 is 14.8 Å². The number of amides is 1. The van der Waals surface area contributed by atoms with Crippen LogP contribution >= 0.6 is 34.8 Å². The number of nitrogens with one attached hydrogen (secondary N) is 2. The van der Waals surface area contributed by atoms with Crippen molar-refractivity contribution in [1.29, 1.82) is 0 Å². The molecule has 0 aliphatic carbocycles. The molecule has 0 aliphatic rings. The summed E-state index contributed by atoms with van der Waals surface area (Å²) in [6.07, 6.45) is 0. The fraction of sp³-hybridized carbons (Fsp3) is 0.176. The van der Waals surface area contributed by atoms with Crippen LogP contribution in [0.1, 0.15) is 15.9 Å². The summed E-state index contributed by atoms with van der Waals surface area (Å²) in [5.74, 6) is 0.977. The number of halogens is 1. The van der Waals surface area contributed by atoms with E-state index in [0.29, 0.717) is 22.7 Å². The Morgan fingerprint density at radius 2 is 1.88 bits per heavy atom. The van der Waals surface area contributed by atoms with Gasteiger partial charge in [-0.15, -0.1) is 0 Å². The number of carbonyl (C=O) groups excluding carboxylic acids is 1. The van der Waals surface area contributed by atoms with Crippen LogP contribution in [0.5, 0.6) is 11.5 Å². The first kappa shape index (κ1) is 18.5. The molecule has 0 saturated carbocycles. The van der Waals surface area contributed by atoms with Gasteiger partial charge in [-0.2, -0.15) is 0 Å². The van der Waals surface area contributed by atoms with Crippen molar-refractivity contribution in [2.75, 3.05) is 19.5 Å². The molecule has 0 fully saturated rings. The largest absolute Gasteiger partial charge is 0.497 e. The van der Waals surface area contributed by atoms with E-state index in [-0.39, 0.29) is 11.0 Å². The number of anilines is 1. The lowest BCUT2D eigenvalue weighted by Gasteiger charge is -2.14. The van der Waals surface area contributed by atoms with E-state index in [1.54, 1.807) is 38.5 Å². The second kappa shape index (κ2) is 8.29. The monoisotopic (exact) mass is 456 g/mol. The summed E-state index contributed by atoms with van der Waals surface area (Å²) in [5.41, 5.74) is 2.28. The van der Waals surface area contributed by atoms with Crippen molar-refractivity contribution in [3.8, 4) is 11.5 Å². The fourth-order valence-electron chi connectivity index (χ4n) is 1.97. The van der Waals surface area contributed by atoms with Crippen LogP contribution in [0.15, 0.2) is 36.4 Å². The lowest BCUT2D eigenvalue weighted by atomic mass is 10.1. The smallest absolute Gasteiger partial charge is 0.257 e. The standard InChI is InChI=1S/C17H17IN2O3S/c1-10-4-5-11(8-13(10)18)16(21)20-17(24)19-14-9-12(22-2)6-7-15(14)23-3/h4-9H,1-3H3,(H2,19,20,21,24). The van der Waals surface area contributed by atoms with Crippen LogP contribution < -0.4 is 20.1 Å². The van der Waals surface area contributed by atoms with E-state index in [1.807, 2.05) is 19.1 Å². The van der Waals surface area contributed by atoms with Gasteiger partial charge in [-0.1, -0.05) is 6.07 Å². The molecule has 0 aliphatic heterocycles. The molecule has 2 N–H and O–H groups in total. The highest BCUT2D eigenvalue weighted by Gasteiger charge is 2.11. The molecular weight excluding hydrogens is 439 g/mol. The van der Waals surface area contributed by atoms with E-state index in [4.69, 9.17) is 21.7 Å². The van der Waals surface area contributed by atoms with Gasteiger partial charge in [-0.25, -0.2) is 0 Å². The van der Waals surface area contributed by atoms with Gasteiger partial charge in [0.2, 0.25) is 0 Å². The number of ether oxygens (including phenoxy) is 2. The van der Waals surface area contributed by atoms with E-state index in [2.05, 4.69) is 33.2 Å². The van der Waals surface area contributed by atoms with Crippen molar-refractivity contribution >= 4 is 51.5 Å². The van der Waals surface area contributed by atoms with Crippen LogP contribution in [0, 0.1) is 10.5 Å². The minimum absolute atomic E-state index is 0.183. The normalized spacial score (nSPS) is 10.0. The van der Waals surface area contributed by atoms with E-state index in [0.717, 1.165) is 9.13 Å². The number of methoxy groups -OCH3 is 2. The molecule has 126 valence electrons. The average Bonchev–Trinajstić information content (AvgIpc) is 2.57. The summed E-state index contributed by atoms with van der Waals surface area (Å²) in [6, 6.07) is 10.8. The number of carbonyl (C=O) groups is 1. The fourth-order valence-corrected chi connectivity index (χ4v) is 2.69. The molecule has 24 heavy (non-hydrogen) atoms. The average molecular weight is 456 g/mol. The molecule has 0 heterocycles. The van der Waals surface area contributed by atoms with Gasteiger partial charge in [0.1, 0.15) is 11.5 Å². The van der Waals surface area contributed by atoms with Crippen LogP contribution in [0.25, 0.3) is 0 Å². The first-order chi connectivity index (χ1) is 11.4. The minimum atomic E-state index is -0.271. The summed E-state index contributed by atoms with van der Waals surface area (Å²) in [4.78, 5) is 12.3. The molecule has 0 unspecified atom stereocenters. The van der Waals surface area contributed by atoms with Crippen LogP contribution in [0.4, 0.5) is 5.69 Å². The van der Waals surface area contributed by atoms with Crippen molar-refractivity contribution in [2.45, 2.75) is 6.92 Å². The Hall–Kier alpha value is -1.87. The van der Waals surface area contributed by atoms with Gasteiger partial charge in [0, 0.05) is 15.2 Å². The number of thiocarbonyl (C=S) groups is 1. The molecule has 5 nitrogen and oxygen atoms in total. The molecule has 7 heteroatoms. The Labute approximate surface area is 159 Å². The quantitative estimate of drug-likeness (QED) is 0.543. The third-order valence-corrected chi connectivity index (χ3v) is 4.68. The summed E-state index contributed by atoms with van der Waals surface area (Å²) >= 11 is 7.41. The number of aryl methyl sites for hydroxylation is 1. The molecule has 2 aromatic rings. The Balaban J connectivity index is 2.10. The third kappa shape index (κ3) is 4.57. The molecular formula is C17H17IN2O3S. The van der Waals surface area contributed by atoms with Gasteiger partial charge in [0.05, 0.1) is 19.9 Å². The maximum atomic E-state index is 12.3. The Kier molecular flexibility index (Phi) is 6.38. The van der Waals surface area contributed by atoms with Gasteiger partial charge in [0.25, 0.3) is 5.91 Å². The SMILES string of the molecule is COc1ccc(OC)c(NC(=S)NC(=O)c2ccc(C)c(I)c2)c1. The number of benzene rings is 2. The van der Waals surface area contributed by atoms with Gasteiger partial charge in [0.15, 0.2) is 5.11 Å². The van der Waals surface area contributed by atoms with E-state index in [9.17, 15) is 4.79 Å². The van der Waals surface area contributed by atoms with Crippen LogP contribution in [0.2, 0.25) is 0 Å². The lowest BCUT2D eigenvalue weighted by molar-refractivity contribution is 0.0977. The summed E-state index contributed by atoms with van der Waals surface area (Å²) in [7, 11) is 3.13. The Morgan fingerprint density at radius 3 is 2.50 bits per heavy atom. The van der Waals surface area contributed by atoms with Crippen molar-refractivity contribution in [2.24, 2.45) is 0 Å². The first-order valence-corrected chi connectivity index (χ1v) is 8.54. The minimum Gasteiger partial charge on any atom is -0.497 e. The zero-order valence-electron chi connectivity index (χ0n) is 13.5. The summed E-state index contributed by atoms with van der Waals surface area (Å²) < 4.78 is 11.5.